The molecule has 2 nitrogen and oxygen atoms in total. The normalized spacial score (nSPS) is 10.3. The molecule has 0 bridgehead atoms. The van der Waals surface area contributed by atoms with Crippen molar-refractivity contribution < 1.29 is 0 Å². The first-order chi connectivity index (χ1) is 10.5. The van der Waals surface area contributed by atoms with Crippen LogP contribution in [0.15, 0.2) is 42.6 Å². The van der Waals surface area contributed by atoms with Crippen LogP contribution in [-0.2, 0) is 0 Å². The average Bonchev–Trinajstić information content (AvgIpc) is 2.55. The smallest absolute Gasteiger partial charge is 0.0701 e. The fourth-order valence-electron chi connectivity index (χ4n) is 1.56. The van der Waals surface area contributed by atoms with Crippen LogP contribution in [0.4, 0.5) is 0 Å². The molecule has 0 radical (unpaired) electrons. The lowest BCUT2D eigenvalue weighted by Crippen LogP contribution is -2.30. The number of nitrogens with one attached hydrogen (secondary N) is 1. The Morgan fingerprint density at radius 2 is 1.73 bits per heavy atom. The van der Waals surface area contributed by atoms with Gasteiger partial charge in [-0.05, 0) is 32.9 Å². The Morgan fingerprint density at radius 1 is 1.14 bits per heavy atom. The van der Waals surface area contributed by atoms with E-state index in [1.165, 1.54) is 5.39 Å². The number of nitrogens with zero attached hydrogens (tertiary/aromatic N) is 1. The van der Waals surface area contributed by atoms with Crippen molar-refractivity contribution in [2.24, 2.45) is 0 Å². The standard InChI is InChI=1S/C9H7N.C7H13N.C3H3Br/c1-2-6-9-8(4-1)5-3-7-10-9;1-5-7(4)8-6(2)3;1-2-3-4/h1-7H;1,6-8H,2-4H3;1H,3H2. The van der Waals surface area contributed by atoms with Gasteiger partial charge in [-0.2, -0.15) is 0 Å². The van der Waals surface area contributed by atoms with Crippen molar-refractivity contribution in [3.05, 3.63) is 42.6 Å². The van der Waals surface area contributed by atoms with Crippen molar-refractivity contribution in [1.82, 2.24) is 10.3 Å². The summed E-state index contributed by atoms with van der Waals surface area (Å²) in [5.74, 6) is 4.93. The second-order valence-corrected chi connectivity index (χ2v) is 5.30. The molecule has 0 saturated carbocycles. The second kappa shape index (κ2) is 12.9. The minimum atomic E-state index is 0.204. The van der Waals surface area contributed by atoms with Crippen molar-refractivity contribution in [2.75, 3.05) is 5.33 Å². The summed E-state index contributed by atoms with van der Waals surface area (Å²) in [4.78, 5) is 4.18. The molecule has 0 spiro atoms. The Balaban J connectivity index is 0.000000332. The van der Waals surface area contributed by atoms with Crippen molar-refractivity contribution in [3.63, 3.8) is 0 Å². The number of halogens is 1. The van der Waals surface area contributed by atoms with E-state index < -0.39 is 0 Å². The van der Waals surface area contributed by atoms with E-state index in [1.54, 1.807) is 0 Å². The highest BCUT2D eigenvalue weighted by atomic mass is 79.9. The summed E-state index contributed by atoms with van der Waals surface area (Å²) < 4.78 is 0. The van der Waals surface area contributed by atoms with Crippen LogP contribution in [0.3, 0.4) is 0 Å². The summed E-state index contributed by atoms with van der Waals surface area (Å²) in [5.41, 5.74) is 1.06. The predicted octanol–water partition coefficient (Wildman–Crippen LogP) is 4.26. The molecule has 0 saturated heterocycles. The lowest BCUT2D eigenvalue weighted by molar-refractivity contribution is 0.559. The van der Waals surface area contributed by atoms with Gasteiger partial charge in [0.15, 0.2) is 0 Å². The van der Waals surface area contributed by atoms with Gasteiger partial charge in [-0.25, -0.2) is 0 Å². The third kappa shape index (κ3) is 10.00. The Kier molecular flexibility index (Phi) is 11.8. The summed E-state index contributed by atoms with van der Waals surface area (Å²) in [6, 6.07) is 12.8. The van der Waals surface area contributed by atoms with E-state index in [2.05, 4.69) is 64.1 Å². The number of rotatable bonds is 2. The maximum absolute atomic E-state index is 5.11. The van der Waals surface area contributed by atoms with Crippen LogP contribution in [0.1, 0.15) is 20.8 Å². The molecule has 1 atom stereocenters. The minimum absolute atomic E-state index is 0.204. The van der Waals surface area contributed by atoms with Gasteiger partial charge >= 0.3 is 0 Å². The molecule has 0 fully saturated rings. The third-order valence-corrected chi connectivity index (χ3v) is 2.75. The Bertz CT molecular complexity index is 543. The van der Waals surface area contributed by atoms with Gasteiger partial charge in [0.1, 0.15) is 0 Å². The third-order valence-electron chi connectivity index (χ3n) is 2.42. The number of terminal acetylenes is 2. The number of para-hydroxylation sites is 1. The van der Waals surface area contributed by atoms with Gasteiger partial charge in [0, 0.05) is 17.6 Å². The lowest BCUT2D eigenvalue weighted by atomic mass is 10.2. The molecular weight excluding hydrogens is 336 g/mol. The molecule has 0 amide bonds. The van der Waals surface area contributed by atoms with Crippen molar-refractivity contribution in [1.29, 1.82) is 0 Å². The predicted molar refractivity (Wildman–Crippen MR) is 101 cm³/mol. The summed E-state index contributed by atoms with van der Waals surface area (Å²) in [6.07, 6.45) is 11.6. The van der Waals surface area contributed by atoms with Gasteiger partial charge in [0.05, 0.1) is 16.9 Å². The van der Waals surface area contributed by atoms with Gasteiger partial charge in [0.25, 0.3) is 0 Å². The molecule has 1 aromatic heterocycles. The molecule has 1 aromatic carbocycles. The first-order valence-corrected chi connectivity index (χ1v) is 8.18. The largest absolute Gasteiger partial charge is 0.302 e. The topological polar surface area (TPSA) is 24.9 Å². The molecule has 116 valence electrons. The number of benzene rings is 1. The Morgan fingerprint density at radius 3 is 2.18 bits per heavy atom. The van der Waals surface area contributed by atoms with Crippen LogP contribution in [0.5, 0.6) is 0 Å². The molecule has 3 heteroatoms. The van der Waals surface area contributed by atoms with Gasteiger partial charge < -0.3 is 5.32 Å². The van der Waals surface area contributed by atoms with E-state index in [1.807, 2.05) is 37.4 Å². The van der Waals surface area contributed by atoms with Crippen LogP contribution >= 0.6 is 15.9 Å². The summed E-state index contributed by atoms with van der Waals surface area (Å²) in [6.45, 7) is 6.13. The van der Waals surface area contributed by atoms with Crippen molar-refractivity contribution in [2.45, 2.75) is 32.9 Å². The van der Waals surface area contributed by atoms with Gasteiger partial charge in [-0.1, -0.05) is 52.0 Å². The zero-order chi connectivity index (χ0) is 16.8. The summed E-state index contributed by atoms with van der Waals surface area (Å²) in [5, 5.41) is 5.02. The van der Waals surface area contributed by atoms with Crippen LogP contribution < -0.4 is 5.32 Å². The second-order valence-electron chi connectivity index (χ2n) is 4.74. The maximum Gasteiger partial charge on any atom is 0.0701 e. The maximum atomic E-state index is 5.11. The number of aromatic nitrogens is 1. The SMILES string of the molecule is C#CC(C)NC(C)C.C#CCBr.c1ccc2ncccc2c1. The Hall–Kier alpha value is -1.81. The monoisotopic (exact) mass is 358 g/mol. The number of pyridine rings is 1. The van der Waals surface area contributed by atoms with E-state index in [0.29, 0.717) is 11.4 Å². The Labute approximate surface area is 142 Å². The molecule has 2 rings (SSSR count). The number of fused-ring (bicyclic) bond motifs is 1. The van der Waals surface area contributed by atoms with Gasteiger partial charge in [0.2, 0.25) is 0 Å². The molecule has 2 aromatic rings. The minimum Gasteiger partial charge on any atom is -0.302 e. The first-order valence-electron chi connectivity index (χ1n) is 7.06. The summed E-state index contributed by atoms with van der Waals surface area (Å²) >= 11 is 3.01. The molecule has 0 aliphatic heterocycles. The van der Waals surface area contributed by atoms with E-state index in [9.17, 15) is 0 Å². The molecular formula is C19H23BrN2. The van der Waals surface area contributed by atoms with Crippen LogP contribution in [0, 0.1) is 24.7 Å². The molecule has 0 aliphatic carbocycles. The van der Waals surface area contributed by atoms with Crippen LogP contribution in [0.25, 0.3) is 10.9 Å². The number of hydrogen-bond donors (Lipinski definition) is 1. The molecule has 1 heterocycles. The van der Waals surface area contributed by atoms with E-state index in [4.69, 9.17) is 12.8 Å². The van der Waals surface area contributed by atoms with Crippen molar-refractivity contribution >= 4 is 26.8 Å². The van der Waals surface area contributed by atoms with E-state index >= 15 is 0 Å². The fourth-order valence-corrected chi connectivity index (χ4v) is 1.56. The zero-order valence-corrected chi connectivity index (χ0v) is 15.0. The van der Waals surface area contributed by atoms with Gasteiger partial charge in [-0.15, -0.1) is 12.8 Å². The zero-order valence-electron chi connectivity index (χ0n) is 13.4. The average molecular weight is 359 g/mol. The highest BCUT2D eigenvalue weighted by Gasteiger charge is 1.95. The quantitative estimate of drug-likeness (QED) is 0.640. The first kappa shape index (κ1) is 20.2. The highest BCUT2D eigenvalue weighted by molar-refractivity contribution is 9.09. The van der Waals surface area contributed by atoms with Gasteiger partial charge in [-0.3, -0.25) is 4.98 Å². The highest BCUT2D eigenvalue weighted by Crippen LogP contribution is 2.07. The number of hydrogen-bond acceptors (Lipinski definition) is 2. The molecule has 0 aliphatic rings. The van der Waals surface area contributed by atoms with E-state index in [-0.39, 0.29) is 6.04 Å². The summed E-state index contributed by atoms with van der Waals surface area (Å²) in [7, 11) is 0. The molecule has 1 unspecified atom stereocenters. The fraction of sp³-hybridized carbons (Fsp3) is 0.316. The lowest BCUT2D eigenvalue weighted by Gasteiger charge is -2.09. The van der Waals surface area contributed by atoms with E-state index in [0.717, 1.165) is 5.52 Å². The molecule has 22 heavy (non-hydrogen) atoms. The van der Waals surface area contributed by atoms with Crippen molar-refractivity contribution in [3.8, 4) is 24.7 Å². The molecule has 1 N–H and O–H groups in total. The number of alkyl halides is 1. The van der Waals surface area contributed by atoms with Crippen LogP contribution in [-0.4, -0.2) is 22.4 Å². The van der Waals surface area contributed by atoms with Crippen LogP contribution in [0.2, 0.25) is 0 Å².